The lowest BCUT2D eigenvalue weighted by molar-refractivity contribution is -0.137. The molecule has 0 aromatic heterocycles. The zero-order valence-corrected chi connectivity index (χ0v) is 10.7. The Labute approximate surface area is 109 Å². The number of benzene rings is 1. The molecule has 0 radical (unpaired) electrons. The molecule has 1 aromatic rings. The first-order valence-corrected chi connectivity index (χ1v) is 5.43. The van der Waals surface area contributed by atoms with E-state index in [9.17, 15) is 18.0 Å². The van der Waals surface area contributed by atoms with Gasteiger partial charge in [0.15, 0.2) is 0 Å². The third kappa shape index (κ3) is 4.57. The van der Waals surface area contributed by atoms with Crippen molar-refractivity contribution in [2.75, 3.05) is 7.11 Å². The molecule has 0 fully saturated rings. The molecule has 0 aliphatic rings. The van der Waals surface area contributed by atoms with E-state index >= 15 is 0 Å². The minimum Gasteiger partial charge on any atom is -0.465 e. The number of hydrogen-bond acceptors (Lipinski definition) is 4. The summed E-state index contributed by atoms with van der Waals surface area (Å²) < 4.78 is 41.4. The largest absolute Gasteiger partial charge is 0.489 e. The monoisotopic (exact) mass is 278 g/mol. The van der Waals surface area contributed by atoms with Gasteiger partial charge >= 0.3 is 19.3 Å². The summed E-state index contributed by atoms with van der Waals surface area (Å²) in [5.74, 6) is -1.07. The highest BCUT2D eigenvalue weighted by Crippen LogP contribution is 2.29. The van der Waals surface area contributed by atoms with Gasteiger partial charge in [0.05, 0.1) is 18.2 Å². The van der Waals surface area contributed by atoms with Crippen LogP contribution >= 0.6 is 0 Å². The van der Waals surface area contributed by atoms with Crippen LogP contribution in [0.1, 0.15) is 29.8 Å². The number of ether oxygens (including phenoxy) is 1. The molecule has 2 N–H and O–H groups in total. The van der Waals surface area contributed by atoms with Crippen molar-refractivity contribution >= 4 is 18.6 Å². The highest BCUT2D eigenvalue weighted by molar-refractivity contribution is 6.60. The van der Waals surface area contributed by atoms with Crippen molar-refractivity contribution in [1.29, 1.82) is 0 Å². The Morgan fingerprint density at radius 1 is 1.26 bits per heavy atom. The second kappa shape index (κ2) is 7.15. The predicted molar refractivity (Wildman–Crippen MR) is 64.0 cm³/mol. The molecule has 1 aromatic carbocycles. The van der Waals surface area contributed by atoms with Gasteiger partial charge in [-0.25, -0.2) is 4.79 Å². The Hall–Kier alpha value is -1.54. The molecule has 19 heavy (non-hydrogen) atoms. The maximum atomic E-state index is 12.4. The van der Waals surface area contributed by atoms with Crippen LogP contribution in [-0.2, 0) is 10.9 Å². The maximum Gasteiger partial charge on any atom is 0.489 e. The molecule has 0 aliphatic heterocycles. The van der Waals surface area contributed by atoms with Crippen LogP contribution in [0, 0.1) is 0 Å². The molecule has 4 nitrogen and oxygen atoms in total. The molecule has 0 atom stereocenters. The Morgan fingerprint density at radius 3 is 2.16 bits per heavy atom. The van der Waals surface area contributed by atoms with Crippen molar-refractivity contribution < 1.29 is 32.8 Å². The number of hydrogen-bond donors (Lipinski definition) is 2. The van der Waals surface area contributed by atoms with Gasteiger partial charge in [-0.3, -0.25) is 0 Å². The van der Waals surface area contributed by atoms with Crippen LogP contribution in [-0.4, -0.2) is 30.2 Å². The molecule has 0 spiro atoms. The summed E-state index contributed by atoms with van der Waals surface area (Å²) in [4.78, 5) is 11.2. The molecule has 0 saturated carbocycles. The van der Waals surface area contributed by atoms with Crippen molar-refractivity contribution in [3.8, 4) is 0 Å². The zero-order valence-electron chi connectivity index (χ0n) is 10.7. The molecule has 0 bridgehead atoms. The summed E-state index contributed by atoms with van der Waals surface area (Å²) in [5.41, 5.74) is -1.94. The van der Waals surface area contributed by atoms with E-state index in [0.717, 1.165) is 13.2 Å². The Bertz CT molecular complexity index is 432. The maximum absolute atomic E-state index is 12.4. The van der Waals surface area contributed by atoms with Crippen molar-refractivity contribution in [2.24, 2.45) is 0 Å². The van der Waals surface area contributed by atoms with Gasteiger partial charge in [0.2, 0.25) is 0 Å². The van der Waals surface area contributed by atoms with Gasteiger partial charge in [0.1, 0.15) is 0 Å². The van der Waals surface area contributed by atoms with Crippen LogP contribution in [0.25, 0.3) is 0 Å². The zero-order chi connectivity index (χ0) is 15.2. The van der Waals surface area contributed by atoms with E-state index in [1.165, 1.54) is 0 Å². The minimum absolute atomic E-state index is 0.343. The van der Waals surface area contributed by atoms with E-state index in [1.54, 1.807) is 0 Å². The number of carbonyl (C=O) groups excluding carboxylic acids is 1. The Kier molecular flexibility index (Phi) is 6.57. The van der Waals surface area contributed by atoms with Crippen LogP contribution in [0.5, 0.6) is 0 Å². The van der Waals surface area contributed by atoms with E-state index < -0.39 is 30.4 Å². The third-order valence-electron chi connectivity index (χ3n) is 2.06. The standard InChI is InChI=1S/C9H8BF3O4.C2H6/c1-17-8(14)6-4-5(9(11,12)13)2-3-7(6)10(15)16;1-2/h2-4,15-16H,1H3;1-2H3. The highest BCUT2D eigenvalue weighted by Gasteiger charge is 2.33. The number of esters is 1. The van der Waals surface area contributed by atoms with Gasteiger partial charge in [0, 0.05) is 0 Å². The van der Waals surface area contributed by atoms with Crippen LogP contribution in [0.4, 0.5) is 13.2 Å². The lowest BCUT2D eigenvalue weighted by Gasteiger charge is -2.11. The summed E-state index contributed by atoms with van der Waals surface area (Å²) in [6, 6.07) is 1.99. The van der Waals surface area contributed by atoms with Gasteiger partial charge < -0.3 is 14.8 Å². The fourth-order valence-corrected chi connectivity index (χ4v) is 1.24. The molecular formula is C11H14BF3O4. The summed E-state index contributed by atoms with van der Waals surface area (Å²) in [6.07, 6.45) is -4.62. The quantitative estimate of drug-likeness (QED) is 0.630. The average molecular weight is 278 g/mol. The first kappa shape index (κ1) is 17.5. The summed E-state index contributed by atoms with van der Waals surface area (Å²) in [7, 11) is -1.07. The molecule has 0 heterocycles. The Balaban J connectivity index is 0.00000154. The topological polar surface area (TPSA) is 66.8 Å². The second-order valence-electron chi connectivity index (χ2n) is 3.17. The van der Waals surface area contributed by atoms with Crippen LogP contribution in [0.2, 0.25) is 0 Å². The van der Waals surface area contributed by atoms with E-state index in [2.05, 4.69) is 4.74 Å². The lowest BCUT2D eigenvalue weighted by atomic mass is 9.76. The van der Waals surface area contributed by atoms with Crippen LogP contribution in [0.15, 0.2) is 18.2 Å². The minimum atomic E-state index is -4.62. The predicted octanol–water partition coefficient (Wildman–Crippen LogP) is 1.20. The summed E-state index contributed by atoms with van der Waals surface area (Å²) in [5, 5.41) is 17.8. The Morgan fingerprint density at radius 2 is 1.79 bits per heavy atom. The van der Waals surface area contributed by atoms with Crippen LogP contribution < -0.4 is 5.46 Å². The third-order valence-corrected chi connectivity index (χ3v) is 2.06. The van der Waals surface area contributed by atoms with E-state index in [4.69, 9.17) is 10.0 Å². The molecule has 1 rings (SSSR count). The smallest absolute Gasteiger partial charge is 0.465 e. The first-order valence-electron chi connectivity index (χ1n) is 5.43. The molecule has 0 saturated heterocycles. The molecule has 8 heteroatoms. The molecular weight excluding hydrogens is 264 g/mol. The van der Waals surface area contributed by atoms with Crippen molar-refractivity contribution in [3.05, 3.63) is 29.3 Å². The van der Waals surface area contributed by atoms with Gasteiger partial charge in [0.25, 0.3) is 0 Å². The van der Waals surface area contributed by atoms with Crippen LogP contribution in [0.3, 0.4) is 0 Å². The van der Waals surface area contributed by atoms with Gasteiger partial charge in [-0.2, -0.15) is 13.2 Å². The molecule has 106 valence electrons. The van der Waals surface area contributed by atoms with Gasteiger partial charge in [-0.05, 0) is 11.5 Å². The average Bonchev–Trinajstić information content (AvgIpc) is 2.38. The van der Waals surface area contributed by atoms with E-state index in [-0.39, 0.29) is 5.46 Å². The van der Waals surface area contributed by atoms with E-state index in [0.29, 0.717) is 12.1 Å². The second-order valence-corrected chi connectivity index (χ2v) is 3.17. The number of alkyl halides is 3. The first-order chi connectivity index (χ1) is 8.77. The number of methoxy groups -OCH3 is 1. The van der Waals surface area contributed by atoms with Crippen molar-refractivity contribution in [1.82, 2.24) is 0 Å². The highest BCUT2D eigenvalue weighted by atomic mass is 19.4. The number of halogens is 3. The molecule has 0 amide bonds. The molecule has 0 unspecified atom stereocenters. The van der Waals surface area contributed by atoms with Crippen molar-refractivity contribution in [2.45, 2.75) is 20.0 Å². The van der Waals surface area contributed by atoms with E-state index in [1.807, 2.05) is 13.8 Å². The van der Waals surface area contributed by atoms with Gasteiger partial charge in [-0.15, -0.1) is 0 Å². The molecule has 0 aliphatic carbocycles. The van der Waals surface area contributed by atoms with Gasteiger partial charge in [-0.1, -0.05) is 26.0 Å². The lowest BCUT2D eigenvalue weighted by Crippen LogP contribution is -2.35. The summed E-state index contributed by atoms with van der Waals surface area (Å²) >= 11 is 0. The summed E-state index contributed by atoms with van der Waals surface area (Å²) in [6.45, 7) is 4.00. The number of rotatable bonds is 2. The fourth-order valence-electron chi connectivity index (χ4n) is 1.24. The SMILES string of the molecule is CC.COC(=O)c1cc(C(F)(F)F)ccc1B(O)O. The fraction of sp³-hybridized carbons (Fsp3) is 0.364. The number of carbonyl (C=O) groups is 1. The van der Waals surface area contributed by atoms with Crippen molar-refractivity contribution in [3.63, 3.8) is 0 Å². The normalized spacial score (nSPS) is 10.3.